The molecule has 0 saturated carbocycles. The van der Waals surface area contributed by atoms with E-state index >= 15 is 0 Å². The van der Waals surface area contributed by atoms with Crippen LogP contribution in [0.5, 0.6) is 0 Å². The van der Waals surface area contributed by atoms with E-state index in [1.54, 1.807) is 0 Å². The number of hydrazine groups is 1. The van der Waals surface area contributed by atoms with Crippen LogP contribution in [0.4, 0.5) is 5.69 Å². The van der Waals surface area contributed by atoms with Crippen molar-refractivity contribution in [3.63, 3.8) is 0 Å². The summed E-state index contributed by atoms with van der Waals surface area (Å²) in [7, 11) is 0. The lowest BCUT2D eigenvalue weighted by molar-refractivity contribution is 0.174. The van der Waals surface area contributed by atoms with Gasteiger partial charge in [0.25, 0.3) is 0 Å². The molecule has 1 N–H and O–H groups in total. The molecule has 22 heavy (non-hydrogen) atoms. The first kappa shape index (κ1) is 15.8. The maximum atomic E-state index is 3.59. The van der Waals surface area contributed by atoms with Gasteiger partial charge in [0.05, 0.1) is 0 Å². The highest BCUT2D eigenvalue weighted by molar-refractivity contribution is 7.17. The van der Waals surface area contributed by atoms with Gasteiger partial charge in [-0.2, -0.15) is 0 Å². The molecule has 0 amide bonds. The van der Waals surface area contributed by atoms with Crippen LogP contribution < -0.4 is 10.3 Å². The summed E-state index contributed by atoms with van der Waals surface area (Å²) in [4.78, 5) is 2.53. The largest absolute Gasteiger partial charge is 0.368 e. The number of anilines is 1. The van der Waals surface area contributed by atoms with E-state index < -0.39 is 0 Å². The van der Waals surface area contributed by atoms with E-state index in [1.807, 2.05) is 11.3 Å². The molecule has 0 spiro atoms. The molecule has 1 aliphatic rings. The monoisotopic (exact) mass is 317 g/mol. The Balaban J connectivity index is 1.50. The van der Waals surface area contributed by atoms with Gasteiger partial charge in [-0.25, -0.2) is 5.01 Å². The third-order valence-corrected chi connectivity index (χ3v) is 5.27. The number of benzene rings is 1. The number of piperazine rings is 1. The highest BCUT2D eigenvalue weighted by Crippen LogP contribution is 2.30. The minimum Gasteiger partial charge on any atom is -0.368 e. The Morgan fingerprint density at radius 1 is 1.14 bits per heavy atom. The number of hydrogen-bond donors (Lipinski definition) is 1. The summed E-state index contributed by atoms with van der Waals surface area (Å²) in [6.07, 6.45) is 2.58. The van der Waals surface area contributed by atoms with Crippen LogP contribution in [0.2, 0.25) is 0 Å². The van der Waals surface area contributed by atoms with Crippen molar-refractivity contribution in [1.82, 2.24) is 10.4 Å². The van der Waals surface area contributed by atoms with E-state index in [9.17, 15) is 0 Å². The third-order valence-electron chi connectivity index (χ3n) is 4.39. The van der Waals surface area contributed by atoms with Gasteiger partial charge in [0, 0.05) is 48.5 Å². The summed E-state index contributed by atoms with van der Waals surface area (Å²) in [5, 5.41) is 6.00. The first-order valence-electron chi connectivity index (χ1n) is 8.43. The predicted octanol–water partition coefficient (Wildman–Crippen LogP) is 3.96. The second-order valence-corrected chi connectivity index (χ2v) is 7.48. The second kappa shape index (κ2) is 7.44. The molecule has 1 fully saturated rings. The van der Waals surface area contributed by atoms with Crippen LogP contribution >= 0.6 is 11.3 Å². The molecule has 0 unspecified atom stereocenters. The van der Waals surface area contributed by atoms with E-state index in [1.165, 1.54) is 28.6 Å². The molecule has 2 heterocycles. The first-order valence-corrected chi connectivity index (χ1v) is 9.31. The lowest BCUT2D eigenvalue weighted by Gasteiger charge is -2.36. The van der Waals surface area contributed by atoms with Gasteiger partial charge in [0.1, 0.15) is 0 Å². The highest BCUT2D eigenvalue weighted by Gasteiger charge is 2.18. The van der Waals surface area contributed by atoms with Crippen LogP contribution in [0.1, 0.15) is 26.7 Å². The van der Waals surface area contributed by atoms with Crippen molar-refractivity contribution in [2.75, 3.05) is 37.6 Å². The van der Waals surface area contributed by atoms with Crippen LogP contribution in [0, 0.1) is 5.92 Å². The molecule has 1 aromatic heterocycles. The first-order chi connectivity index (χ1) is 10.7. The Bertz CT molecular complexity index is 585. The van der Waals surface area contributed by atoms with E-state index in [2.05, 4.69) is 58.8 Å². The summed E-state index contributed by atoms with van der Waals surface area (Å²) in [5.41, 5.74) is 4.99. The fourth-order valence-corrected chi connectivity index (χ4v) is 3.91. The minimum atomic E-state index is 0.810. The van der Waals surface area contributed by atoms with Gasteiger partial charge in [-0.05, 0) is 42.3 Å². The number of hydrogen-bond acceptors (Lipinski definition) is 4. The van der Waals surface area contributed by atoms with Gasteiger partial charge in [-0.3, -0.25) is 5.43 Å². The maximum absolute atomic E-state index is 3.59. The molecule has 2 aromatic rings. The zero-order chi connectivity index (χ0) is 15.4. The van der Waals surface area contributed by atoms with Gasteiger partial charge in [-0.1, -0.05) is 19.9 Å². The molecule has 3 rings (SSSR count). The number of thiophene rings is 1. The summed E-state index contributed by atoms with van der Waals surface area (Å²) in [6.45, 7) is 10.1. The smallest absolute Gasteiger partial charge is 0.0455 e. The van der Waals surface area contributed by atoms with E-state index in [-0.39, 0.29) is 0 Å². The molecule has 0 atom stereocenters. The highest BCUT2D eigenvalue weighted by atomic mass is 32.1. The van der Waals surface area contributed by atoms with Gasteiger partial charge in [0.15, 0.2) is 0 Å². The van der Waals surface area contributed by atoms with Gasteiger partial charge < -0.3 is 4.90 Å². The van der Waals surface area contributed by atoms with E-state index in [4.69, 9.17) is 0 Å². The van der Waals surface area contributed by atoms with Gasteiger partial charge in [-0.15, -0.1) is 11.3 Å². The van der Waals surface area contributed by atoms with Crippen molar-refractivity contribution < 1.29 is 0 Å². The fraction of sp³-hybridized carbons (Fsp3) is 0.556. The molecule has 120 valence electrons. The quantitative estimate of drug-likeness (QED) is 0.814. The lowest BCUT2D eigenvalue weighted by atomic mass is 10.1. The predicted molar refractivity (Wildman–Crippen MR) is 97.7 cm³/mol. The number of nitrogens with zero attached hydrogens (tertiary/aromatic N) is 2. The number of rotatable bonds is 6. The zero-order valence-electron chi connectivity index (χ0n) is 13.7. The van der Waals surface area contributed by atoms with Gasteiger partial charge in [0.2, 0.25) is 0 Å². The van der Waals surface area contributed by atoms with Crippen molar-refractivity contribution in [2.45, 2.75) is 26.7 Å². The van der Waals surface area contributed by atoms with Crippen LogP contribution in [0.3, 0.4) is 0 Å². The van der Waals surface area contributed by atoms with Crippen LogP contribution in [-0.2, 0) is 0 Å². The summed E-state index contributed by atoms with van der Waals surface area (Å²) in [6, 6.07) is 8.92. The SMILES string of the molecule is CC(C)CCCNN1CCN(c2cccc3sccc23)CC1. The molecule has 0 radical (unpaired) electrons. The summed E-state index contributed by atoms with van der Waals surface area (Å²) >= 11 is 1.83. The summed E-state index contributed by atoms with van der Waals surface area (Å²) in [5.74, 6) is 0.810. The van der Waals surface area contributed by atoms with Crippen LogP contribution in [0.15, 0.2) is 29.6 Å². The van der Waals surface area contributed by atoms with Crippen LogP contribution in [0.25, 0.3) is 10.1 Å². The molecule has 1 aliphatic heterocycles. The molecule has 1 aromatic carbocycles. The Kier molecular flexibility index (Phi) is 5.34. The standard InChI is InChI=1S/C18H27N3S/c1-15(2)5-4-9-19-21-12-10-20(11-13-21)17-6-3-7-18-16(17)8-14-22-18/h3,6-8,14-15,19H,4-5,9-13H2,1-2H3. The van der Waals surface area contributed by atoms with Crippen molar-refractivity contribution in [3.8, 4) is 0 Å². The topological polar surface area (TPSA) is 18.5 Å². The second-order valence-electron chi connectivity index (χ2n) is 6.53. The average molecular weight is 318 g/mol. The number of fused-ring (bicyclic) bond motifs is 1. The molecule has 3 nitrogen and oxygen atoms in total. The normalized spacial score (nSPS) is 16.8. The van der Waals surface area contributed by atoms with Crippen molar-refractivity contribution in [1.29, 1.82) is 0 Å². The lowest BCUT2D eigenvalue weighted by Crippen LogP contribution is -2.52. The summed E-state index contributed by atoms with van der Waals surface area (Å²) < 4.78 is 1.40. The maximum Gasteiger partial charge on any atom is 0.0455 e. The molecule has 1 saturated heterocycles. The van der Waals surface area contributed by atoms with Crippen molar-refractivity contribution >= 4 is 27.1 Å². The fourth-order valence-electron chi connectivity index (χ4n) is 3.11. The Morgan fingerprint density at radius 2 is 1.95 bits per heavy atom. The van der Waals surface area contributed by atoms with E-state index in [0.29, 0.717) is 0 Å². The van der Waals surface area contributed by atoms with Crippen molar-refractivity contribution in [2.24, 2.45) is 5.92 Å². The van der Waals surface area contributed by atoms with Gasteiger partial charge >= 0.3 is 0 Å². The molecule has 0 aliphatic carbocycles. The molecule has 0 bridgehead atoms. The Hall–Kier alpha value is -1.10. The Labute approximate surface area is 137 Å². The van der Waals surface area contributed by atoms with Crippen molar-refractivity contribution in [3.05, 3.63) is 29.6 Å². The molecular weight excluding hydrogens is 290 g/mol. The molecular formula is C18H27N3S. The van der Waals surface area contributed by atoms with Crippen LogP contribution in [-0.4, -0.2) is 37.7 Å². The number of nitrogens with one attached hydrogen (secondary N) is 1. The zero-order valence-corrected chi connectivity index (χ0v) is 14.5. The minimum absolute atomic E-state index is 0.810. The van der Waals surface area contributed by atoms with E-state index in [0.717, 1.165) is 38.6 Å². The third kappa shape index (κ3) is 3.80. The molecule has 4 heteroatoms. The Morgan fingerprint density at radius 3 is 2.73 bits per heavy atom. The average Bonchev–Trinajstić information content (AvgIpc) is 3.00.